The molecular weight excluding hydrogens is 346 g/mol. The Balaban J connectivity index is 1.97. The van der Waals surface area contributed by atoms with E-state index in [4.69, 9.17) is 4.74 Å². The van der Waals surface area contributed by atoms with Gasteiger partial charge in [-0.2, -0.15) is 0 Å². The van der Waals surface area contributed by atoms with Gasteiger partial charge in [-0.15, -0.1) is 0 Å². The van der Waals surface area contributed by atoms with Crippen LogP contribution >= 0.6 is 0 Å². The van der Waals surface area contributed by atoms with Crippen LogP contribution in [0.1, 0.15) is 23.2 Å². The average Bonchev–Trinajstić information content (AvgIpc) is 2.66. The third kappa shape index (κ3) is 6.03. The number of hydrogen-bond acceptors (Lipinski definition) is 5. The molecule has 0 bridgehead atoms. The fraction of sp³-hybridized carbons (Fsp3) is 0.556. The number of methoxy groups -OCH3 is 1. The molecule has 0 radical (unpaired) electrons. The van der Waals surface area contributed by atoms with Crippen molar-refractivity contribution in [2.75, 3.05) is 53.0 Å². The van der Waals surface area contributed by atoms with E-state index in [1.807, 2.05) is 0 Å². The highest BCUT2D eigenvalue weighted by atomic mass is 19.2. The van der Waals surface area contributed by atoms with Gasteiger partial charge < -0.3 is 14.4 Å². The third-order valence-corrected chi connectivity index (χ3v) is 4.27. The molecule has 1 fully saturated rings. The van der Waals surface area contributed by atoms with Gasteiger partial charge in [0.05, 0.1) is 26.7 Å². The minimum absolute atomic E-state index is 0.0451. The number of carbonyl (C=O) groups excluding carboxylic acids is 2. The van der Waals surface area contributed by atoms with E-state index in [2.05, 4.69) is 9.64 Å². The highest BCUT2D eigenvalue weighted by Gasteiger charge is 2.19. The van der Waals surface area contributed by atoms with Crippen molar-refractivity contribution in [3.05, 3.63) is 35.4 Å². The van der Waals surface area contributed by atoms with Crippen molar-refractivity contribution >= 4 is 11.9 Å². The molecule has 1 heterocycles. The van der Waals surface area contributed by atoms with E-state index in [1.54, 1.807) is 0 Å². The van der Waals surface area contributed by atoms with E-state index < -0.39 is 23.5 Å². The van der Waals surface area contributed by atoms with E-state index in [-0.39, 0.29) is 18.5 Å². The summed E-state index contributed by atoms with van der Waals surface area (Å²) < 4.78 is 36.4. The van der Waals surface area contributed by atoms with Gasteiger partial charge >= 0.3 is 5.97 Å². The number of hydrogen-bond donors (Lipinski definition) is 0. The first-order valence-corrected chi connectivity index (χ1v) is 8.62. The van der Waals surface area contributed by atoms with Gasteiger partial charge in [0.25, 0.3) is 5.91 Å². The molecule has 144 valence electrons. The monoisotopic (exact) mass is 370 g/mol. The van der Waals surface area contributed by atoms with Gasteiger partial charge in [-0.25, -0.2) is 8.78 Å². The molecule has 1 amide bonds. The summed E-state index contributed by atoms with van der Waals surface area (Å²) in [5, 5.41) is 0. The first kappa shape index (κ1) is 20.3. The van der Waals surface area contributed by atoms with Gasteiger partial charge in [0.1, 0.15) is 0 Å². The third-order valence-electron chi connectivity index (χ3n) is 4.27. The van der Waals surface area contributed by atoms with Crippen molar-refractivity contribution in [3.63, 3.8) is 0 Å². The Morgan fingerprint density at radius 3 is 2.58 bits per heavy atom. The van der Waals surface area contributed by atoms with Gasteiger partial charge in [0.2, 0.25) is 0 Å². The van der Waals surface area contributed by atoms with Crippen LogP contribution in [0.5, 0.6) is 0 Å². The first-order chi connectivity index (χ1) is 12.5. The Kier molecular flexibility index (Phi) is 7.93. The minimum atomic E-state index is -1.07. The maximum absolute atomic E-state index is 13.4. The molecule has 1 aromatic rings. The summed E-state index contributed by atoms with van der Waals surface area (Å²) in [6.45, 7) is 4.45. The molecule has 6 nitrogen and oxygen atoms in total. The lowest BCUT2D eigenvalue weighted by atomic mass is 10.1. The molecule has 0 atom stereocenters. The highest BCUT2D eigenvalue weighted by Crippen LogP contribution is 2.12. The summed E-state index contributed by atoms with van der Waals surface area (Å²) in [4.78, 5) is 27.8. The number of ether oxygens (including phenoxy) is 2. The molecule has 1 aromatic carbocycles. The van der Waals surface area contributed by atoms with Crippen LogP contribution < -0.4 is 0 Å². The van der Waals surface area contributed by atoms with E-state index in [0.717, 1.165) is 31.8 Å². The molecule has 0 spiro atoms. The van der Waals surface area contributed by atoms with Crippen molar-refractivity contribution in [3.8, 4) is 0 Å². The fourth-order valence-electron chi connectivity index (χ4n) is 2.76. The second-order valence-electron chi connectivity index (χ2n) is 6.05. The Hall–Kier alpha value is -2.06. The second kappa shape index (κ2) is 10.2. The number of morpholine rings is 1. The summed E-state index contributed by atoms with van der Waals surface area (Å²) >= 11 is 0. The van der Waals surface area contributed by atoms with Gasteiger partial charge in [0.15, 0.2) is 11.6 Å². The Bertz CT molecular complexity index is 621. The number of halogens is 2. The van der Waals surface area contributed by atoms with Crippen LogP contribution in [0.2, 0.25) is 0 Å². The lowest BCUT2D eigenvalue weighted by Crippen LogP contribution is -2.39. The summed E-state index contributed by atoms with van der Waals surface area (Å²) in [7, 11) is 1.28. The molecule has 1 aliphatic rings. The van der Waals surface area contributed by atoms with Crippen molar-refractivity contribution in [1.29, 1.82) is 0 Å². The summed E-state index contributed by atoms with van der Waals surface area (Å²) in [5.41, 5.74) is 0.0557. The molecule has 1 aliphatic heterocycles. The molecule has 0 N–H and O–H groups in total. The number of carbonyl (C=O) groups is 2. The molecular formula is C18H24F2N2O4. The molecule has 1 saturated heterocycles. The normalized spacial score (nSPS) is 14.9. The molecule has 0 saturated carbocycles. The lowest BCUT2D eigenvalue weighted by Gasteiger charge is -2.28. The Labute approximate surface area is 151 Å². The average molecular weight is 370 g/mol. The number of amides is 1. The van der Waals surface area contributed by atoms with Crippen LogP contribution in [0.3, 0.4) is 0 Å². The van der Waals surface area contributed by atoms with Crippen molar-refractivity contribution in [2.24, 2.45) is 0 Å². The summed E-state index contributed by atoms with van der Waals surface area (Å²) in [6, 6.07) is 3.05. The number of benzene rings is 1. The summed E-state index contributed by atoms with van der Waals surface area (Å²) in [5.74, 6) is -2.94. The van der Waals surface area contributed by atoms with Gasteiger partial charge in [0, 0.05) is 38.3 Å². The van der Waals surface area contributed by atoms with Crippen LogP contribution in [0.15, 0.2) is 18.2 Å². The molecule has 26 heavy (non-hydrogen) atoms. The Morgan fingerprint density at radius 2 is 1.92 bits per heavy atom. The smallest absolute Gasteiger partial charge is 0.307 e. The van der Waals surface area contributed by atoms with Crippen LogP contribution in [0.4, 0.5) is 8.78 Å². The fourth-order valence-corrected chi connectivity index (χ4v) is 2.76. The first-order valence-electron chi connectivity index (χ1n) is 8.62. The quantitative estimate of drug-likeness (QED) is 0.652. The molecule has 0 unspecified atom stereocenters. The van der Waals surface area contributed by atoms with E-state index in [0.29, 0.717) is 26.2 Å². The predicted molar refractivity (Wildman–Crippen MR) is 90.8 cm³/mol. The van der Waals surface area contributed by atoms with E-state index >= 15 is 0 Å². The van der Waals surface area contributed by atoms with E-state index in [9.17, 15) is 18.4 Å². The Morgan fingerprint density at radius 1 is 1.19 bits per heavy atom. The topological polar surface area (TPSA) is 59.1 Å². The van der Waals surface area contributed by atoms with Crippen molar-refractivity contribution in [1.82, 2.24) is 9.80 Å². The number of rotatable bonds is 8. The maximum atomic E-state index is 13.4. The second-order valence-corrected chi connectivity index (χ2v) is 6.05. The zero-order valence-corrected chi connectivity index (χ0v) is 14.9. The molecule has 0 aromatic heterocycles. The van der Waals surface area contributed by atoms with Crippen molar-refractivity contribution in [2.45, 2.75) is 12.8 Å². The molecule has 0 aliphatic carbocycles. The minimum Gasteiger partial charge on any atom is -0.469 e. The predicted octanol–water partition coefficient (Wildman–Crippen LogP) is 1.69. The van der Waals surface area contributed by atoms with Crippen molar-refractivity contribution < 1.29 is 27.8 Å². The zero-order valence-electron chi connectivity index (χ0n) is 14.9. The maximum Gasteiger partial charge on any atom is 0.307 e. The van der Waals surface area contributed by atoms with Gasteiger partial charge in [-0.3, -0.25) is 14.5 Å². The van der Waals surface area contributed by atoms with E-state index in [1.165, 1.54) is 18.1 Å². The van der Waals surface area contributed by atoms with Crippen LogP contribution in [0, 0.1) is 11.6 Å². The molecule has 8 heteroatoms. The number of esters is 1. The zero-order chi connectivity index (χ0) is 18.9. The lowest BCUT2D eigenvalue weighted by molar-refractivity contribution is -0.140. The van der Waals surface area contributed by atoms with Crippen LogP contribution in [-0.4, -0.2) is 74.7 Å². The van der Waals surface area contributed by atoms with Gasteiger partial charge in [-0.1, -0.05) is 0 Å². The SMILES string of the molecule is COC(=O)CCN(CCCN1CCOCC1)C(=O)c1ccc(F)c(F)c1. The van der Waals surface area contributed by atoms with Gasteiger partial charge in [-0.05, 0) is 24.6 Å². The molecule has 2 rings (SSSR count). The van der Waals surface area contributed by atoms with Crippen LogP contribution in [0.25, 0.3) is 0 Å². The highest BCUT2D eigenvalue weighted by molar-refractivity contribution is 5.94. The summed E-state index contributed by atoms with van der Waals surface area (Å²) in [6.07, 6.45) is 0.750. The number of nitrogens with zero attached hydrogens (tertiary/aromatic N) is 2. The largest absolute Gasteiger partial charge is 0.469 e. The van der Waals surface area contributed by atoms with Crippen LogP contribution in [-0.2, 0) is 14.3 Å². The standard InChI is InChI=1S/C18H24F2N2O4/c1-25-17(23)5-8-22(7-2-6-21-9-11-26-12-10-21)18(24)14-3-4-15(19)16(20)13-14/h3-4,13H,2,5-12H2,1H3.